The van der Waals surface area contributed by atoms with E-state index in [-0.39, 0.29) is 6.61 Å². The van der Waals surface area contributed by atoms with E-state index in [4.69, 9.17) is 14.6 Å². The SMILES string of the molecule is Cc1ccc(CN2CCC3(C2)Cn2c(n[nH]c(=O)c2=O)CO3)s1.O=C(O)C(F)(F)F. The first-order valence-electron chi connectivity index (χ1n) is 8.89. The van der Waals surface area contributed by atoms with Crippen LogP contribution < -0.4 is 11.1 Å². The van der Waals surface area contributed by atoms with E-state index in [1.54, 1.807) is 0 Å². The molecule has 9 nitrogen and oxygen atoms in total. The van der Waals surface area contributed by atoms with Gasteiger partial charge in [-0.2, -0.15) is 18.3 Å². The first-order valence-corrected chi connectivity index (χ1v) is 9.71. The summed E-state index contributed by atoms with van der Waals surface area (Å²) in [4.78, 5) is 37.4. The third kappa shape index (κ3) is 4.96. The van der Waals surface area contributed by atoms with Crippen molar-refractivity contribution < 1.29 is 27.8 Å². The number of alkyl halides is 3. The number of carboxylic acid groups (broad SMARTS) is 1. The van der Waals surface area contributed by atoms with Gasteiger partial charge in [0.25, 0.3) is 0 Å². The van der Waals surface area contributed by atoms with Crippen molar-refractivity contribution in [1.82, 2.24) is 19.7 Å². The van der Waals surface area contributed by atoms with Crippen LogP contribution in [0.5, 0.6) is 0 Å². The highest BCUT2D eigenvalue weighted by Gasteiger charge is 2.43. The molecule has 4 heterocycles. The first-order chi connectivity index (χ1) is 14.0. The number of aromatic amines is 1. The van der Waals surface area contributed by atoms with Crippen molar-refractivity contribution in [3.05, 3.63) is 48.4 Å². The quantitative estimate of drug-likeness (QED) is 0.661. The molecule has 0 bridgehead atoms. The van der Waals surface area contributed by atoms with Crippen molar-refractivity contribution in [1.29, 1.82) is 0 Å². The van der Waals surface area contributed by atoms with Crippen LogP contribution >= 0.6 is 11.3 Å². The van der Waals surface area contributed by atoms with Crippen molar-refractivity contribution >= 4 is 17.3 Å². The Balaban J connectivity index is 0.000000318. The molecule has 1 saturated heterocycles. The van der Waals surface area contributed by atoms with E-state index >= 15 is 0 Å². The van der Waals surface area contributed by atoms with E-state index in [1.165, 1.54) is 14.3 Å². The number of nitrogens with zero attached hydrogens (tertiary/aromatic N) is 3. The molecule has 0 saturated carbocycles. The van der Waals surface area contributed by atoms with Crippen LogP contribution in [-0.4, -0.2) is 55.6 Å². The molecule has 2 aromatic heterocycles. The summed E-state index contributed by atoms with van der Waals surface area (Å²) in [5.41, 5.74) is -1.60. The zero-order valence-corrected chi connectivity index (χ0v) is 16.7. The summed E-state index contributed by atoms with van der Waals surface area (Å²) in [5, 5.41) is 13.3. The van der Waals surface area contributed by atoms with Gasteiger partial charge in [-0.3, -0.25) is 19.1 Å². The topological polar surface area (TPSA) is 118 Å². The Morgan fingerprint density at radius 3 is 2.67 bits per heavy atom. The van der Waals surface area contributed by atoms with Crippen LogP contribution in [-0.2, 0) is 29.2 Å². The number of thiophene rings is 1. The molecule has 2 aromatic rings. The molecule has 2 aliphatic rings. The lowest BCUT2D eigenvalue weighted by Crippen LogP contribution is -2.51. The van der Waals surface area contributed by atoms with E-state index in [2.05, 4.69) is 34.2 Å². The van der Waals surface area contributed by atoms with Gasteiger partial charge in [0.15, 0.2) is 5.82 Å². The van der Waals surface area contributed by atoms with Crippen molar-refractivity contribution in [3.63, 3.8) is 0 Å². The van der Waals surface area contributed by atoms with Crippen LogP contribution in [0.3, 0.4) is 0 Å². The van der Waals surface area contributed by atoms with E-state index in [1.807, 2.05) is 11.3 Å². The predicted molar refractivity (Wildman–Crippen MR) is 99.3 cm³/mol. The maximum Gasteiger partial charge on any atom is 0.490 e. The molecule has 4 rings (SSSR count). The predicted octanol–water partition coefficient (Wildman–Crippen LogP) is 1.11. The van der Waals surface area contributed by atoms with Crippen molar-refractivity contribution in [2.75, 3.05) is 13.1 Å². The molecule has 2 N–H and O–H groups in total. The summed E-state index contributed by atoms with van der Waals surface area (Å²) in [5.74, 6) is -2.26. The molecule has 1 spiro atoms. The number of hydrogen-bond acceptors (Lipinski definition) is 7. The summed E-state index contributed by atoms with van der Waals surface area (Å²) in [6, 6.07) is 4.30. The van der Waals surface area contributed by atoms with Crippen LogP contribution in [0.4, 0.5) is 13.2 Å². The van der Waals surface area contributed by atoms with Crippen molar-refractivity contribution in [3.8, 4) is 0 Å². The molecule has 2 aliphatic heterocycles. The average Bonchev–Trinajstić information content (AvgIpc) is 3.25. The smallest absolute Gasteiger partial charge is 0.475 e. The van der Waals surface area contributed by atoms with Gasteiger partial charge in [0.2, 0.25) is 0 Å². The fourth-order valence-electron chi connectivity index (χ4n) is 3.39. The summed E-state index contributed by atoms with van der Waals surface area (Å²) in [6.07, 6.45) is -4.23. The van der Waals surface area contributed by atoms with Gasteiger partial charge < -0.3 is 9.84 Å². The Kier molecular flexibility index (Phi) is 6.15. The van der Waals surface area contributed by atoms with Crippen LogP contribution in [0.15, 0.2) is 21.7 Å². The minimum absolute atomic E-state index is 0.262. The van der Waals surface area contributed by atoms with Gasteiger partial charge in [-0.05, 0) is 25.5 Å². The molecule has 1 unspecified atom stereocenters. The zero-order valence-electron chi connectivity index (χ0n) is 15.9. The zero-order chi connectivity index (χ0) is 22.1. The van der Waals surface area contributed by atoms with Crippen molar-refractivity contribution in [2.24, 2.45) is 0 Å². The summed E-state index contributed by atoms with van der Waals surface area (Å²) >= 11 is 1.81. The number of carboxylic acids is 1. The van der Waals surface area contributed by atoms with Gasteiger partial charge in [0.05, 0.1) is 6.54 Å². The number of H-pyrrole nitrogens is 1. The second kappa shape index (κ2) is 8.32. The molecule has 13 heteroatoms. The highest BCUT2D eigenvalue weighted by Crippen LogP contribution is 2.32. The number of carbonyl (C=O) groups is 1. The third-order valence-electron chi connectivity index (χ3n) is 4.80. The van der Waals surface area contributed by atoms with E-state index < -0.39 is 28.9 Å². The van der Waals surface area contributed by atoms with Crippen LogP contribution in [0.25, 0.3) is 0 Å². The Morgan fingerprint density at radius 1 is 1.37 bits per heavy atom. The second-order valence-corrected chi connectivity index (χ2v) is 8.48. The molecule has 0 amide bonds. The number of aliphatic carboxylic acids is 1. The maximum absolute atomic E-state index is 12.0. The number of likely N-dealkylation sites (tertiary alicyclic amines) is 1. The van der Waals surface area contributed by atoms with E-state index in [0.29, 0.717) is 12.4 Å². The highest BCUT2D eigenvalue weighted by atomic mass is 32.1. The Labute approximate surface area is 171 Å². The van der Waals surface area contributed by atoms with Crippen LogP contribution in [0.2, 0.25) is 0 Å². The number of rotatable bonds is 2. The maximum atomic E-state index is 12.0. The van der Waals surface area contributed by atoms with Gasteiger partial charge in [-0.1, -0.05) is 0 Å². The largest absolute Gasteiger partial charge is 0.490 e. The standard InChI is InChI=1S/C15H18N4O3S.C2HF3O2/c1-10-2-3-11(23-10)6-18-5-4-15(8-18)9-19-12(7-22-15)16-17-13(20)14(19)21;3-2(4,5)1(6)7/h2-3H,4-9H2,1H3,(H,17,20);(H,6,7). The fourth-order valence-corrected chi connectivity index (χ4v) is 4.32. The number of nitrogens with one attached hydrogen (secondary N) is 1. The minimum Gasteiger partial charge on any atom is -0.475 e. The van der Waals surface area contributed by atoms with Crippen LogP contribution in [0.1, 0.15) is 22.0 Å². The molecular weight excluding hydrogens is 429 g/mol. The summed E-state index contributed by atoms with van der Waals surface area (Å²) < 4.78 is 39.2. The summed E-state index contributed by atoms with van der Waals surface area (Å²) in [7, 11) is 0. The molecule has 1 fully saturated rings. The number of halogens is 3. The second-order valence-electron chi connectivity index (χ2n) is 7.11. The fraction of sp³-hybridized carbons (Fsp3) is 0.529. The molecule has 164 valence electrons. The molecule has 30 heavy (non-hydrogen) atoms. The van der Waals surface area contributed by atoms with Crippen LogP contribution in [0, 0.1) is 6.92 Å². The van der Waals surface area contributed by atoms with Gasteiger partial charge in [0.1, 0.15) is 12.2 Å². The molecular formula is C17H19F3N4O5S. The van der Waals surface area contributed by atoms with E-state index in [0.717, 1.165) is 26.1 Å². The molecule has 0 aliphatic carbocycles. The van der Waals surface area contributed by atoms with E-state index in [9.17, 15) is 22.8 Å². The first kappa shape index (κ1) is 22.2. The lowest BCUT2D eigenvalue weighted by Gasteiger charge is -2.34. The monoisotopic (exact) mass is 448 g/mol. The Hall–Kier alpha value is -2.51. The number of aromatic nitrogens is 3. The lowest BCUT2D eigenvalue weighted by molar-refractivity contribution is -0.192. The normalized spacial score (nSPS) is 21.2. The number of fused-ring (bicyclic) bond motifs is 1. The van der Waals surface area contributed by atoms with Crippen molar-refractivity contribution in [2.45, 2.75) is 44.8 Å². The summed E-state index contributed by atoms with van der Waals surface area (Å²) in [6.45, 7) is 5.37. The van der Waals surface area contributed by atoms with Gasteiger partial charge in [-0.25, -0.2) is 9.89 Å². The third-order valence-corrected chi connectivity index (χ3v) is 5.79. The average molecular weight is 448 g/mol. The number of ether oxygens (including phenoxy) is 1. The highest BCUT2D eigenvalue weighted by molar-refractivity contribution is 7.11. The number of aryl methyl sites for hydroxylation is 1. The van der Waals surface area contributed by atoms with Gasteiger partial charge in [-0.15, -0.1) is 11.3 Å². The Morgan fingerprint density at radius 2 is 2.07 bits per heavy atom. The number of hydrogen-bond donors (Lipinski definition) is 2. The molecule has 0 aromatic carbocycles. The molecule has 0 radical (unpaired) electrons. The van der Waals surface area contributed by atoms with Gasteiger partial charge in [0, 0.05) is 29.4 Å². The molecule has 1 atom stereocenters. The minimum atomic E-state index is -5.08. The lowest BCUT2D eigenvalue weighted by atomic mass is 10.0. The Bertz CT molecular complexity index is 1050. The van der Waals surface area contributed by atoms with Gasteiger partial charge >= 0.3 is 23.3 Å².